The van der Waals surface area contributed by atoms with Gasteiger partial charge in [-0.2, -0.15) is 0 Å². The lowest BCUT2D eigenvalue weighted by Crippen LogP contribution is -2.21. The van der Waals surface area contributed by atoms with Gasteiger partial charge in [-0.15, -0.1) is 0 Å². The summed E-state index contributed by atoms with van der Waals surface area (Å²) in [7, 11) is 0. The molecule has 0 aliphatic carbocycles. The van der Waals surface area contributed by atoms with Crippen LogP contribution in [0.5, 0.6) is 0 Å². The minimum absolute atomic E-state index is 0.0507. The fourth-order valence-corrected chi connectivity index (χ4v) is 1.96. The quantitative estimate of drug-likeness (QED) is 0.491. The van der Waals surface area contributed by atoms with Crippen molar-refractivity contribution in [3.63, 3.8) is 0 Å². The highest BCUT2D eigenvalue weighted by atomic mass is 16.4. The minimum Gasteiger partial charge on any atom is -0.411 e. The molecule has 0 heterocycles. The predicted octanol–water partition coefficient (Wildman–Crippen LogP) is 3.68. The van der Waals surface area contributed by atoms with Crippen LogP contribution in [0.4, 0.5) is 5.69 Å². The Morgan fingerprint density at radius 1 is 1.15 bits per heavy atom. The van der Waals surface area contributed by atoms with E-state index in [1.165, 1.54) is 5.56 Å². The Balaban J connectivity index is 3.28. The topological polar surface area (TPSA) is 61.7 Å². The number of benzene rings is 1. The van der Waals surface area contributed by atoms with Gasteiger partial charge in [-0.05, 0) is 28.0 Å². The molecule has 0 saturated heterocycles. The fraction of sp³-hybridized carbons (Fsp3) is 0.500. The number of anilines is 1. The van der Waals surface area contributed by atoms with Crippen LogP contribution in [0, 0.1) is 0 Å². The first-order chi connectivity index (χ1) is 9.05. The number of carbonyl (C=O) groups is 1. The van der Waals surface area contributed by atoms with Gasteiger partial charge in [-0.1, -0.05) is 58.8 Å². The lowest BCUT2D eigenvalue weighted by Gasteiger charge is -2.27. The summed E-state index contributed by atoms with van der Waals surface area (Å²) < 4.78 is 0. The number of nitrogens with zero attached hydrogens (tertiary/aromatic N) is 1. The molecular weight excluding hydrogens is 252 g/mol. The van der Waals surface area contributed by atoms with Gasteiger partial charge < -0.3 is 10.5 Å². The van der Waals surface area contributed by atoms with E-state index in [4.69, 9.17) is 5.21 Å². The first-order valence-electron chi connectivity index (χ1n) is 6.69. The van der Waals surface area contributed by atoms with Crippen LogP contribution in [-0.2, 0) is 15.6 Å². The second-order valence-electron chi connectivity index (χ2n) is 6.99. The molecule has 2 N–H and O–H groups in total. The van der Waals surface area contributed by atoms with Crippen LogP contribution in [0.3, 0.4) is 0 Å². The van der Waals surface area contributed by atoms with Crippen molar-refractivity contribution in [2.24, 2.45) is 5.16 Å². The van der Waals surface area contributed by atoms with Gasteiger partial charge in [-0.25, -0.2) is 0 Å². The van der Waals surface area contributed by atoms with Crippen LogP contribution in [0.15, 0.2) is 23.4 Å². The summed E-state index contributed by atoms with van der Waals surface area (Å²) in [6.45, 7) is 12.8. The monoisotopic (exact) mass is 276 g/mol. The number of hydrogen-bond donors (Lipinski definition) is 2. The number of hydrogen-bond acceptors (Lipinski definition) is 3. The number of rotatable bonds is 2. The largest absolute Gasteiger partial charge is 0.411 e. The molecule has 1 aromatic carbocycles. The van der Waals surface area contributed by atoms with Gasteiger partial charge in [0, 0.05) is 5.69 Å². The smallest absolute Gasteiger partial charge is 0.270 e. The second kappa shape index (κ2) is 5.65. The van der Waals surface area contributed by atoms with Crippen molar-refractivity contribution < 1.29 is 10.0 Å². The Morgan fingerprint density at radius 2 is 1.75 bits per heavy atom. The molecule has 1 aromatic rings. The predicted molar refractivity (Wildman–Crippen MR) is 82.8 cm³/mol. The van der Waals surface area contributed by atoms with E-state index in [9.17, 15) is 4.79 Å². The van der Waals surface area contributed by atoms with Gasteiger partial charge in [0.1, 0.15) is 6.21 Å². The zero-order chi connectivity index (χ0) is 15.6. The maximum absolute atomic E-state index is 11.6. The summed E-state index contributed by atoms with van der Waals surface area (Å²) in [5, 5.41) is 13.9. The van der Waals surface area contributed by atoms with Crippen LogP contribution < -0.4 is 5.32 Å². The fourth-order valence-electron chi connectivity index (χ4n) is 1.96. The van der Waals surface area contributed by atoms with E-state index >= 15 is 0 Å². The lowest BCUT2D eigenvalue weighted by atomic mass is 9.80. The molecule has 0 fully saturated rings. The standard InChI is InChI=1S/C16H24N2O2/c1-15(2,3)11-7-8-13(18-14(19)10-17-20)12(9-11)16(4,5)6/h7-10,20H,1-6H3,(H,18,19)/b17-10-. The van der Waals surface area contributed by atoms with Crippen LogP contribution in [-0.4, -0.2) is 17.3 Å². The van der Waals surface area contributed by atoms with E-state index in [0.717, 1.165) is 17.5 Å². The number of nitrogens with one attached hydrogen (secondary N) is 1. The van der Waals surface area contributed by atoms with Gasteiger partial charge in [0.2, 0.25) is 0 Å². The molecule has 0 spiro atoms. The second-order valence-corrected chi connectivity index (χ2v) is 6.99. The van der Waals surface area contributed by atoms with Crippen molar-refractivity contribution in [3.05, 3.63) is 29.3 Å². The summed E-state index contributed by atoms with van der Waals surface area (Å²) in [6, 6.07) is 6.05. The van der Waals surface area contributed by atoms with E-state index in [1.807, 2.05) is 12.1 Å². The highest BCUT2D eigenvalue weighted by Crippen LogP contribution is 2.34. The number of carbonyl (C=O) groups excluding carboxylic acids is 1. The van der Waals surface area contributed by atoms with Crippen molar-refractivity contribution in [2.75, 3.05) is 5.32 Å². The van der Waals surface area contributed by atoms with Gasteiger partial charge in [0.15, 0.2) is 0 Å². The zero-order valence-corrected chi connectivity index (χ0v) is 13.1. The Kier molecular flexibility index (Phi) is 4.58. The molecule has 1 rings (SSSR count). The Bertz CT molecular complexity index is 520. The molecule has 0 unspecified atom stereocenters. The first-order valence-corrected chi connectivity index (χ1v) is 6.69. The van der Waals surface area contributed by atoms with Crippen molar-refractivity contribution >= 4 is 17.8 Å². The van der Waals surface area contributed by atoms with Gasteiger partial charge in [-0.3, -0.25) is 4.79 Å². The van der Waals surface area contributed by atoms with Crippen LogP contribution >= 0.6 is 0 Å². The van der Waals surface area contributed by atoms with Gasteiger partial charge >= 0.3 is 0 Å². The number of oxime groups is 1. The lowest BCUT2D eigenvalue weighted by molar-refractivity contribution is -0.110. The molecule has 0 saturated carbocycles. The molecule has 20 heavy (non-hydrogen) atoms. The Hall–Kier alpha value is -1.84. The van der Waals surface area contributed by atoms with Gasteiger partial charge in [0.25, 0.3) is 5.91 Å². The van der Waals surface area contributed by atoms with Gasteiger partial charge in [0.05, 0.1) is 0 Å². The molecule has 0 aliphatic heterocycles. The van der Waals surface area contributed by atoms with Crippen molar-refractivity contribution in [1.82, 2.24) is 0 Å². The maximum Gasteiger partial charge on any atom is 0.270 e. The molecule has 0 aromatic heterocycles. The van der Waals surface area contributed by atoms with Crippen LogP contribution in [0.2, 0.25) is 0 Å². The summed E-state index contributed by atoms with van der Waals surface area (Å²) in [4.78, 5) is 11.6. The minimum atomic E-state index is -0.443. The molecule has 4 nitrogen and oxygen atoms in total. The summed E-state index contributed by atoms with van der Waals surface area (Å²) in [5.74, 6) is -0.443. The maximum atomic E-state index is 11.6. The highest BCUT2D eigenvalue weighted by Gasteiger charge is 2.22. The third kappa shape index (κ3) is 4.08. The highest BCUT2D eigenvalue weighted by molar-refractivity contribution is 6.31. The average Bonchev–Trinajstić information content (AvgIpc) is 2.26. The van der Waals surface area contributed by atoms with E-state index in [1.54, 1.807) is 0 Å². The van der Waals surface area contributed by atoms with E-state index in [-0.39, 0.29) is 10.8 Å². The van der Waals surface area contributed by atoms with Crippen molar-refractivity contribution in [2.45, 2.75) is 52.4 Å². The summed E-state index contributed by atoms with van der Waals surface area (Å²) in [5.41, 5.74) is 2.98. The number of amides is 1. The molecule has 110 valence electrons. The molecule has 0 atom stereocenters. The zero-order valence-electron chi connectivity index (χ0n) is 13.1. The SMILES string of the molecule is CC(C)(C)c1ccc(NC(=O)/C=N\O)c(C(C)(C)C)c1. The first kappa shape index (κ1) is 16.2. The summed E-state index contributed by atoms with van der Waals surface area (Å²) in [6.07, 6.45) is 0.851. The van der Waals surface area contributed by atoms with E-state index < -0.39 is 5.91 Å². The Morgan fingerprint density at radius 3 is 2.20 bits per heavy atom. The average molecular weight is 276 g/mol. The van der Waals surface area contributed by atoms with Crippen molar-refractivity contribution in [3.8, 4) is 0 Å². The summed E-state index contributed by atoms with van der Waals surface area (Å²) >= 11 is 0. The van der Waals surface area contributed by atoms with Crippen molar-refractivity contribution in [1.29, 1.82) is 0 Å². The van der Waals surface area contributed by atoms with Crippen LogP contribution in [0.25, 0.3) is 0 Å². The molecule has 0 aliphatic rings. The third-order valence-electron chi connectivity index (χ3n) is 3.13. The Labute approximate surface area is 120 Å². The normalized spacial score (nSPS) is 12.7. The molecule has 0 radical (unpaired) electrons. The van der Waals surface area contributed by atoms with Crippen LogP contribution in [0.1, 0.15) is 52.7 Å². The van der Waals surface area contributed by atoms with E-state index in [0.29, 0.717) is 0 Å². The molecule has 1 amide bonds. The van der Waals surface area contributed by atoms with E-state index in [2.05, 4.69) is 58.1 Å². The molecular formula is C16H24N2O2. The molecule has 4 heteroatoms. The third-order valence-corrected chi connectivity index (χ3v) is 3.13. The molecule has 0 bridgehead atoms.